The van der Waals surface area contributed by atoms with Crippen molar-refractivity contribution in [2.45, 2.75) is 87.0 Å². The van der Waals surface area contributed by atoms with Gasteiger partial charge in [-0.3, -0.25) is 25.2 Å². The highest BCUT2D eigenvalue weighted by Crippen LogP contribution is 2.21. The number of carbonyl (C=O) groups is 2. The monoisotopic (exact) mass is 882 g/mol. The summed E-state index contributed by atoms with van der Waals surface area (Å²) in [6.45, 7) is -1.94. The number of unbranched alkanes of at least 4 members (excludes halogenated alkanes) is 1. The zero-order chi connectivity index (χ0) is 45.4. The second-order valence-corrected chi connectivity index (χ2v) is 15.0. The Bertz CT molecular complexity index is 1860. The van der Waals surface area contributed by atoms with Gasteiger partial charge in [-0.2, -0.15) is 0 Å². The molecule has 3 aromatic rings. The largest absolute Gasteiger partial charge is 0.394 e. The van der Waals surface area contributed by atoms with E-state index < -0.39 is 93.0 Å². The second kappa shape index (κ2) is 24.9. The van der Waals surface area contributed by atoms with E-state index in [4.69, 9.17) is 44.4 Å². The minimum Gasteiger partial charge on any atom is -0.394 e. The lowest BCUT2D eigenvalue weighted by molar-refractivity contribution is -0.130. The summed E-state index contributed by atoms with van der Waals surface area (Å²) in [5.74, 6) is -1.94. The first kappa shape index (κ1) is 51.0. The first-order chi connectivity index (χ1) is 28.9. The number of nitrogen functional groups attached to an aromatic ring is 2. The minimum atomic E-state index is -1.92. The fourth-order valence-corrected chi connectivity index (χ4v) is 6.46. The van der Waals surface area contributed by atoms with Crippen LogP contribution in [0.5, 0.6) is 0 Å². The summed E-state index contributed by atoms with van der Waals surface area (Å²) in [6.07, 6.45) is -11.8. The predicted octanol–water partition coefficient (Wildman–Crippen LogP) is -4.73. The summed E-state index contributed by atoms with van der Waals surface area (Å²) in [6, 6.07) is 11.0. The van der Waals surface area contributed by atoms with Crippen molar-refractivity contribution in [2.75, 3.05) is 57.4 Å². The van der Waals surface area contributed by atoms with Gasteiger partial charge < -0.3 is 78.9 Å². The number of aryl methyl sites for hydroxylation is 1. The zero-order valence-corrected chi connectivity index (χ0v) is 34.1. The van der Waals surface area contributed by atoms with Crippen molar-refractivity contribution in [3.63, 3.8) is 0 Å². The molecule has 2 amide bonds. The predicted molar refractivity (Wildman–Crippen MR) is 224 cm³/mol. The first-order valence-corrected chi connectivity index (χ1v) is 19.9. The zero-order valence-electron chi connectivity index (χ0n) is 33.4. The van der Waals surface area contributed by atoms with E-state index in [-0.39, 0.29) is 54.4 Å². The lowest BCUT2D eigenvalue weighted by atomic mass is 9.98. The van der Waals surface area contributed by atoms with Crippen LogP contribution in [0.4, 0.5) is 11.6 Å². The Hall–Kier alpha value is -4.40. The number of aliphatic hydroxyl groups is 10. The summed E-state index contributed by atoms with van der Waals surface area (Å²) in [7, 11) is 0. The second-order valence-electron chi connectivity index (χ2n) is 14.7. The Balaban J connectivity index is 1.52. The van der Waals surface area contributed by atoms with Gasteiger partial charge in [0, 0.05) is 19.6 Å². The van der Waals surface area contributed by atoms with Crippen molar-refractivity contribution in [3.8, 4) is 0 Å². The van der Waals surface area contributed by atoms with Gasteiger partial charge in [-0.15, -0.1) is 0 Å². The number of halogens is 1. The molecule has 3 rings (SSSR count). The number of nitrogens with one attached hydrogen (secondary N) is 4. The van der Waals surface area contributed by atoms with Gasteiger partial charge in [-0.25, -0.2) is 9.97 Å². The Morgan fingerprint density at radius 2 is 1.28 bits per heavy atom. The third-order valence-electron chi connectivity index (χ3n) is 9.89. The molecule has 0 aliphatic heterocycles. The molecular formula is C38H59ClN10O12. The molecule has 0 bridgehead atoms. The van der Waals surface area contributed by atoms with Crippen LogP contribution >= 0.6 is 11.6 Å². The average Bonchev–Trinajstić information content (AvgIpc) is 3.23. The van der Waals surface area contributed by atoms with Crippen molar-refractivity contribution in [3.05, 3.63) is 58.4 Å². The summed E-state index contributed by atoms with van der Waals surface area (Å²) >= 11 is 5.82. The summed E-state index contributed by atoms with van der Waals surface area (Å²) in [5, 5.41) is 117. The quantitative estimate of drug-likeness (QED) is 0.0204. The molecule has 1 unspecified atom stereocenters. The lowest BCUT2D eigenvalue weighted by Gasteiger charge is -2.33. The topological polar surface area (TPSA) is 403 Å². The Labute approximate surface area is 356 Å². The molecule has 9 atom stereocenters. The normalized spacial score (nSPS) is 16.3. The highest BCUT2D eigenvalue weighted by atomic mass is 35.5. The molecule has 2 aromatic carbocycles. The summed E-state index contributed by atoms with van der Waals surface area (Å²) < 4.78 is 0. The van der Waals surface area contributed by atoms with Crippen molar-refractivity contribution in [2.24, 2.45) is 5.73 Å². The van der Waals surface area contributed by atoms with Crippen molar-refractivity contribution in [1.82, 2.24) is 30.8 Å². The third kappa shape index (κ3) is 15.8. The number of nitrogens with two attached hydrogens (primary N) is 3. The van der Waals surface area contributed by atoms with E-state index in [1.807, 2.05) is 30.3 Å². The molecule has 1 aromatic heterocycles. The van der Waals surface area contributed by atoms with Crippen molar-refractivity contribution >= 4 is 51.8 Å². The van der Waals surface area contributed by atoms with E-state index in [1.165, 1.54) is 4.90 Å². The van der Waals surface area contributed by atoms with Crippen molar-refractivity contribution < 1.29 is 60.7 Å². The SMILES string of the molecule is N=C(NCCCCc1ccc2cc(C[C@H](NCCCN(C[C@H](O)C(O)[C@H](O)[C@H](O)CO)C[C@H](O)[C@@H](O)[C@H](O)[C@H](O)CO)C(N)=O)ccc2c1)NC(=O)c1nc(Cl)c(N)nc1N. The van der Waals surface area contributed by atoms with E-state index >= 15 is 0 Å². The van der Waals surface area contributed by atoms with Gasteiger partial charge in [0.15, 0.2) is 28.4 Å². The average molecular weight is 883 g/mol. The Morgan fingerprint density at radius 1 is 0.738 bits per heavy atom. The fourth-order valence-electron chi connectivity index (χ4n) is 6.34. The van der Waals surface area contributed by atoms with E-state index in [1.54, 1.807) is 0 Å². The number of amides is 2. The van der Waals surface area contributed by atoms with Crippen LogP contribution < -0.4 is 33.2 Å². The number of hydrogen-bond acceptors (Lipinski definition) is 19. The van der Waals surface area contributed by atoms with E-state index in [0.717, 1.165) is 34.7 Å². The van der Waals surface area contributed by atoms with Crippen LogP contribution in [0.25, 0.3) is 10.8 Å². The summed E-state index contributed by atoms with van der Waals surface area (Å²) in [5.41, 5.74) is 18.6. The van der Waals surface area contributed by atoms with E-state index in [9.17, 15) is 50.4 Å². The molecule has 1 heterocycles. The molecule has 61 heavy (non-hydrogen) atoms. The number of guanidine groups is 1. The number of aliphatic hydroxyl groups excluding tert-OH is 10. The molecule has 22 nitrogen and oxygen atoms in total. The Kier molecular flexibility index (Phi) is 20.8. The maximum atomic E-state index is 12.4. The van der Waals surface area contributed by atoms with Crippen LogP contribution in [0, 0.1) is 5.41 Å². The van der Waals surface area contributed by atoms with Gasteiger partial charge in [0.1, 0.15) is 36.6 Å². The lowest BCUT2D eigenvalue weighted by Crippen LogP contribution is -2.53. The maximum Gasteiger partial charge on any atom is 0.280 e. The molecular weight excluding hydrogens is 824 g/mol. The van der Waals surface area contributed by atoms with Crippen LogP contribution in [0.1, 0.15) is 40.9 Å². The van der Waals surface area contributed by atoms with Crippen LogP contribution in [0.3, 0.4) is 0 Å². The maximum absolute atomic E-state index is 12.4. The summed E-state index contributed by atoms with van der Waals surface area (Å²) in [4.78, 5) is 33.8. The van der Waals surface area contributed by atoms with Gasteiger partial charge in [0.2, 0.25) is 5.91 Å². The number of carbonyl (C=O) groups excluding carboxylic acids is 2. The van der Waals surface area contributed by atoms with Gasteiger partial charge in [0.05, 0.1) is 31.5 Å². The smallest absolute Gasteiger partial charge is 0.280 e. The number of benzene rings is 2. The number of rotatable bonds is 26. The van der Waals surface area contributed by atoms with E-state index in [2.05, 4.69) is 32.0 Å². The molecule has 0 saturated heterocycles. The number of fused-ring (bicyclic) bond motifs is 1. The number of nitrogens with zero attached hydrogens (tertiary/aromatic N) is 3. The van der Waals surface area contributed by atoms with Gasteiger partial charge >= 0.3 is 0 Å². The highest BCUT2D eigenvalue weighted by Gasteiger charge is 2.34. The number of hydrogen-bond donors (Lipinski definition) is 17. The number of primary amides is 1. The van der Waals surface area contributed by atoms with Gasteiger partial charge in [-0.05, 0) is 67.1 Å². The molecule has 340 valence electrons. The van der Waals surface area contributed by atoms with Crippen LogP contribution in [0.2, 0.25) is 5.15 Å². The van der Waals surface area contributed by atoms with E-state index in [0.29, 0.717) is 13.0 Å². The molecule has 23 heteroatoms. The van der Waals surface area contributed by atoms with Gasteiger partial charge in [-0.1, -0.05) is 48.0 Å². The van der Waals surface area contributed by atoms with Crippen LogP contribution in [0.15, 0.2) is 36.4 Å². The standard InChI is InChI=1S/C38H59ClN10O12/c39-33-35(41)47-34(40)28(46-33)37(61)48-38(43)45-9-2-1-4-19-5-7-22-13-20(6-8-21(22)12-19)14-23(36(42)60)44-10-3-11-49(15-24(52)29(56)31(58)26(54)17-50)16-25(53)30(57)32(59)27(55)18-51/h5-8,12-13,23-27,29-32,44,50-59H,1-4,9-11,14-18H2,(H2,42,60)(H4,40,41,47)(H3,43,45,48,61)/t23-,24-,25-,26+,27+,29+,30?,31+,32+/m0/s1. The van der Waals surface area contributed by atoms with Gasteiger partial charge in [0.25, 0.3) is 5.91 Å². The highest BCUT2D eigenvalue weighted by molar-refractivity contribution is 6.31. The van der Waals surface area contributed by atoms with Crippen LogP contribution in [-0.4, -0.2) is 185 Å². The Morgan fingerprint density at radius 3 is 1.84 bits per heavy atom. The molecule has 0 radical (unpaired) electrons. The van der Waals surface area contributed by atoms with Crippen molar-refractivity contribution in [1.29, 1.82) is 5.41 Å². The molecule has 0 aliphatic rings. The molecule has 0 fully saturated rings. The molecule has 0 saturated carbocycles. The number of anilines is 2. The third-order valence-corrected chi connectivity index (χ3v) is 10.2. The first-order valence-electron chi connectivity index (χ1n) is 19.5. The molecule has 0 spiro atoms. The fraction of sp³-hybridized carbons (Fsp3) is 0.553. The molecule has 20 N–H and O–H groups in total. The van der Waals surface area contributed by atoms with Crippen LogP contribution in [-0.2, 0) is 17.6 Å². The minimum absolute atomic E-state index is 0.0629. The molecule has 0 aliphatic carbocycles. The number of aromatic nitrogens is 2.